The summed E-state index contributed by atoms with van der Waals surface area (Å²) in [6.07, 6.45) is 1.96. The molecule has 2 nitrogen and oxygen atoms in total. The molecule has 4 heteroatoms. The maximum atomic E-state index is 6.65. The van der Waals surface area contributed by atoms with E-state index in [1.165, 1.54) is 0 Å². The summed E-state index contributed by atoms with van der Waals surface area (Å²) >= 11 is 2.22. The van der Waals surface area contributed by atoms with Crippen LogP contribution in [0.2, 0.25) is 14.8 Å². The van der Waals surface area contributed by atoms with E-state index in [-0.39, 0.29) is 0 Å². The zero-order valence-electron chi connectivity index (χ0n) is 7.78. The van der Waals surface area contributed by atoms with E-state index in [0.29, 0.717) is 6.54 Å². The van der Waals surface area contributed by atoms with Gasteiger partial charge in [0.25, 0.3) is 0 Å². The molecule has 0 aromatic carbocycles. The van der Waals surface area contributed by atoms with Crippen LogP contribution in [0.5, 0.6) is 0 Å². The molecule has 11 heavy (non-hydrogen) atoms. The van der Waals surface area contributed by atoms with Gasteiger partial charge >= 0.3 is 43.7 Å². The van der Waals surface area contributed by atoms with Crippen LogP contribution in [0.15, 0.2) is 0 Å². The Hall–Kier alpha value is 1.20. The Balaban J connectivity index is 0. The van der Waals surface area contributed by atoms with Gasteiger partial charge in [-0.2, -0.15) is 6.54 Å². The van der Waals surface area contributed by atoms with Crippen molar-refractivity contribution in [2.75, 3.05) is 13.1 Å². The van der Waals surface area contributed by atoms with E-state index >= 15 is 0 Å². The Bertz CT molecular complexity index is 63.3. The minimum atomic E-state index is -1.37. The summed E-state index contributed by atoms with van der Waals surface area (Å²) in [4.78, 5) is 6.94. The van der Waals surface area contributed by atoms with Crippen LogP contribution < -0.4 is 5.73 Å². The van der Waals surface area contributed by atoms with Crippen molar-refractivity contribution in [1.82, 2.24) is 0 Å². The summed E-state index contributed by atoms with van der Waals surface area (Å²) in [5.74, 6) is 0. The summed E-state index contributed by atoms with van der Waals surface area (Å²) in [5, 5.41) is 0. The normalized spacial score (nSPS) is 10.4. The zero-order chi connectivity index (χ0) is 9.33. The van der Waals surface area contributed by atoms with Crippen LogP contribution in [-0.4, -0.2) is 29.2 Å². The van der Waals surface area contributed by atoms with Crippen molar-refractivity contribution in [2.24, 2.45) is 5.73 Å². The van der Waals surface area contributed by atoms with Crippen LogP contribution in [0, 0.1) is 0 Å². The van der Waals surface area contributed by atoms with Gasteiger partial charge in [0, 0.05) is 0 Å². The monoisotopic (exact) mass is 331 g/mol. The Morgan fingerprint density at radius 2 is 1.64 bits per heavy atom. The molecule has 3 N–H and O–H groups in total. The molecule has 0 aromatic rings. The largest absolute Gasteiger partial charge is 0.677 e. The molecule has 0 radical (unpaired) electrons. The second-order valence-corrected chi connectivity index (χ2v) is 31.1. The topological polar surface area (TPSA) is 49.8 Å². The van der Waals surface area contributed by atoms with E-state index in [2.05, 4.69) is 27.5 Å². The number of unbranched alkanes of at least 4 members (excludes halogenated alkanes) is 1. The molecule has 70 valence electrons. The number of hydrogen-bond acceptors (Lipinski definition) is 1. The van der Waals surface area contributed by atoms with Gasteiger partial charge in [0.15, 0.2) is 0 Å². The van der Waals surface area contributed by atoms with E-state index in [1.807, 2.05) is 0 Å². The van der Waals surface area contributed by atoms with Gasteiger partial charge < -0.3 is 11.5 Å². The van der Waals surface area contributed by atoms with E-state index in [0.717, 1.165) is 19.4 Å². The van der Waals surface area contributed by atoms with Crippen molar-refractivity contribution in [2.45, 2.75) is 27.7 Å². The molecule has 0 atom stereocenters. The van der Waals surface area contributed by atoms with Crippen LogP contribution in [0.3, 0.4) is 0 Å². The molecule has 0 aliphatic rings. The molecule has 0 aromatic heterocycles. The van der Waals surface area contributed by atoms with Crippen LogP contribution in [0.1, 0.15) is 12.8 Å². The molecule has 0 aliphatic heterocycles. The fraction of sp³-hybridized carbons (Fsp3) is 1.00. The summed E-state index contributed by atoms with van der Waals surface area (Å²) in [6, 6.07) is 0. The third-order valence-corrected chi connectivity index (χ3v) is 0.631. The van der Waals surface area contributed by atoms with Gasteiger partial charge in [-0.25, -0.2) is 0 Å². The maximum absolute atomic E-state index is 6.65. The second-order valence-electron chi connectivity index (χ2n) is 3.31. The minimum absolute atomic E-state index is 0.525. The first-order valence-electron chi connectivity index (χ1n) is 3.95. The van der Waals surface area contributed by atoms with Gasteiger partial charge in [-0.1, -0.05) is 6.42 Å². The Morgan fingerprint density at radius 1 is 1.27 bits per heavy atom. The fourth-order valence-corrected chi connectivity index (χ4v) is 0.269. The first kappa shape index (κ1) is 14.7. The number of nitrogens with two attached hydrogens (primary N) is 1. The van der Waals surface area contributed by atoms with Crippen LogP contribution >= 0.6 is 12.7 Å². The number of rotatable bonds is 3. The van der Waals surface area contributed by atoms with Gasteiger partial charge in [-0.15, -0.1) is 0 Å². The average molecular weight is 331 g/mol. The average Bonchev–Trinajstić information content (AvgIpc) is 1.79. The van der Waals surface area contributed by atoms with Crippen molar-refractivity contribution in [3.8, 4) is 0 Å². The van der Waals surface area contributed by atoms with Gasteiger partial charge in [0.05, 0.1) is 0 Å². The first-order chi connectivity index (χ1) is 4.91. The molecule has 0 amide bonds. The summed E-state index contributed by atoms with van der Waals surface area (Å²) < 4.78 is 0. The quantitative estimate of drug-likeness (QED) is 0.627. The van der Waals surface area contributed by atoms with E-state index in [9.17, 15) is 0 Å². The minimum Gasteiger partial charge on any atom is -0.677 e. The van der Waals surface area contributed by atoms with E-state index < -0.39 is 16.2 Å². The van der Waals surface area contributed by atoms with Crippen LogP contribution in [0.4, 0.5) is 0 Å². The molecular formula is C7H20BrN2Sn-. The van der Waals surface area contributed by atoms with Gasteiger partial charge in [-0.3, -0.25) is 0 Å². The SMILES string of the molecule is [CH3][Sn]([CH3])([CH3])[Br].[NH-]CCCCN. The third kappa shape index (κ3) is 53.8. The standard InChI is InChI=1S/C4H11N2.3CH3.BrH.Sn/c5-3-1-2-4-6;;;;;/h5H,1-4,6H2;3*1H3;1H;/q-1;;;;;+1/p-1. The second kappa shape index (κ2) is 9.29. The molecule has 0 unspecified atom stereocenters. The molecule has 0 fully saturated rings. The van der Waals surface area contributed by atoms with Crippen molar-refractivity contribution < 1.29 is 0 Å². The van der Waals surface area contributed by atoms with Crippen molar-refractivity contribution >= 4 is 28.9 Å². The van der Waals surface area contributed by atoms with E-state index in [4.69, 9.17) is 11.5 Å². The molecule has 0 spiro atoms. The Kier molecular flexibility index (Phi) is 12.4. The maximum Gasteiger partial charge on any atom is -0.00779 e. The molecule has 0 aliphatic carbocycles. The zero-order valence-corrected chi connectivity index (χ0v) is 12.2. The van der Waals surface area contributed by atoms with Crippen molar-refractivity contribution in [1.29, 1.82) is 0 Å². The van der Waals surface area contributed by atoms with Crippen molar-refractivity contribution in [3.05, 3.63) is 5.73 Å². The summed E-state index contributed by atoms with van der Waals surface area (Å²) in [6.45, 7) is 1.26. The molecule has 0 bridgehead atoms. The molecular weight excluding hydrogens is 311 g/mol. The number of nitrogens with one attached hydrogen (secondary N) is 1. The summed E-state index contributed by atoms with van der Waals surface area (Å²) in [7, 11) is 0. The fourth-order valence-electron chi connectivity index (χ4n) is 0.269. The first-order valence-corrected chi connectivity index (χ1v) is 18.9. The number of halogens is 1. The molecule has 0 heterocycles. The number of hydrogen-bond donors (Lipinski definition) is 1. The van der Waals surface area contributed by atoms with Gasteiger partial charge in [-0.05, 0) is 13.0 Å². The smallest absolute Gasteiger partial charge is 0.00779 e. The van der Waals surface area contributed by atoms with E-state index in [1.54, 1.807) is 0 Å². The van der Waals surface area contributed by atoms with Crippen LogP contribution in [-0.2, 0) is 0 Å². The van der Waals surface area contributed by atoms with Gasteiger partial charge in [0.2, 0.25) is 0 Å². The Morgan fingerprint density at radius 3 is 1.73 bits per heavy atom. The predicted molar refractivity (Wildman–Crippen MR) is 59.8 cm³/mol. The van der Waals surface area contributed by atoms with Gasteiger partial charge in [0.1, 0.15) is 0 Å². The molecule has 0 saturated heterocycles. The summed E-state index contributed by atoms with van der Waals surface area (Å²) in [5.41, 5.74) is 11.8. The third-order valence-electron chi connectivity index (χ3n) is 0.631. The van der Waals surface area contributed by atoms with Crippen molar-refractivity contribution in [3.63, 3.8) is 0 Å². The predicted octanol–water partition coefficient (Wildman–Crippen LogP) is 2.99. The van der Waals surface area contributed by atoms with Crippen LogP contribution in [0.25, 0.3) is 5.73 Å². The Labute approximate surface area is 80.7 Å². The molecule has 0 saturated carbocycles. The molecule has 0 rings (SSSR count).